The van der Waals surface area contributed by atoms with E-state index in [0.717, 1.165) is 12.1 Å². The Morgan fingerprint density at radius 3 is 2.44 bits per heavy atom. The fourth-order valence-electron chi connectivity index (χ4n) is 2.51. The fraction of sp³-hybridized carbons (Fsp3) is 0.438. The molecule has 0 amide bonds. The van der Waals surface area contributed by atoms with Crippen LogP contribution in [0.3, 0.4) is 0 Å². The number of hydrogen-bond donors (Lipinski definition) is 0. The Hall–Kier alpha value is -2.27. The summed E-state index contributed by atoms with van der Waals surface area (Å²) in [6.45, 7) is 2.93. The first-order valence-electron chi connectivity index (χ1n) is 7.80. The molecule has 150 valence electrons. The summed E-state index contributed by atoms with van der Waals surface area (Å²) >= 11 is 0. The molecule has 1 heterocycles. The summed E-state index contributed by atoms with van der Waals surface area (Å²) in [6, 6.07) is 2.48. The lowest BCUT2D eigenvalue weighted by Crippen LogP contribution is -2.37. The van der Waals surface area contributed by atoms with Gasteiger partial charge in [-0.2, -0.15) is 21.6 Å². The first-order chi connectivity index (χ1) is 12.6. The third-order valence-corrected chi connectivity index (χ3v) is 4.81. The minimum absolute atomic E-state index is 0.193. The molecule has 0 N–H and O–H groups in total. The molecule has 27 heavy (non-hydrogen) atoms. The molecule has 0 spiro atoms. The predicted octanol–water partition coefficient (Wildman–Crippen LogP) is 2.25. The van der Waals surface area contributed by atoms with Gasteiger partial charge in [-0.3, -0.25) is 0 Å². The largest absolute Gasteiger partial charge is 0.534 e. The SMILES string of the molecule is COC(=O)C=Cc1ccc(OS(=O)(=O)C(F)(F)F)c(N2CCOCC2)c1C. The zero-order valence-corrected chi connectivity index (χ0v) is 15.4. The fourth-order valence-corrected chi connectivity index (χ4v) is 2.98. The molecule has 1 aliphatic heterocycles. The van der Waals surface area contributed by atoms with Gasteiger partial charge in [0.05, 0.1) is 26.0 Å². The topological polar surface area (TPSA) is 82.1 Å². The van der Waals surface area contributed by atoms with Gasteiger partial charge in [0.15, 0.2) is 5.75 Å². The average Bonchev–Trinajstić information content (AvgIpc) is 2.60. The second-order valence-electron chi connectivity index (χ2n) is 5.57. The number of carbonyl (C=O) groups excluding carboxylic acids is 1. The number of methoxy groups -OCH3 is 1. The predicted molar refractivity (Wildman–Crippen MR) is 90.9 cm³/mol. The molecule has 0 aliphatic carbocycles. The van der Waals surface area contributed by atoms with Crippen LogP contribution < -0.4 is 9.08 Å². The molecular formula is C16H18F3NO6S. The number of hydrogen-bond acceptors (Lipinski definition) is 7. The standard InChI is InChI=1S/C16H18F3NO6S/c1-11-12(4-6-14(21)24-2)3-5-13(26-27(22,23)16(17,18)19)15(11)20-7-9-25-10-8-20/h3-6H,7-10H2,1-2H3. The molecule has 0 saturated carbocycles. The maximum atomic E-state index is 12.7. The van der Waals surface area contributed by atoms with E-state index in [0.29, 0.717) is 37.4 Å². The van der Waals surface area contributed by atoms with E-state index in [2.05, 4.69) is 8.92 Å². The first-order valence-corrected chi connectivity index (χ1v) is 9.20. The zero-order valence-electron chi connectivity index (χ0n) is 14.6. The van der Waals surface area contributed by atoms with Crippen LogP contribution in [0.4, 0.5) is 18.9 Å². The number of anilines is 1. The minimum Gasteiger partial charge on any atom is -0.466 e. The van der Waals surface area contributed by atoms with Crippen molar-refractivity contribution in [1.29, 1.82) is 0 Å². The molecule has 1 fully saturated rings. The number of morpholine rings is 1. The summed E-state index contributed by atoms with van der Waals surface area (Å²) < 4.78 is 75.1. The number of halogens is 3. The second kappa shape index (κ2) is 8.17. The molecule has 7 nitrogen and oxygen atoms in total. The van der Waals surface area contributed by atoms with Gasteiger partial charge in [-0.1, -0.05) is 6.07 Å². The van der Waals surface area contributed by atoms with Crippen LogP contribution in [-0.2, 0) is 24.4 Å². The summed E-state index contributed by atoms with van der Waals surface area (Å²) in [5.74, 6) is -1.05. The van der Waals surface area contributed by atoms with E-state index in [1.165, 1.54) is 19.3 Å². The highest BCUT2D eigenvalue weighted by Gasteiger charge is 2.49. The van der Waals surface area contributed by atoms with E-state index >= 15 is 0 Å². The number of alkyl halides is 3. The number of carbonyl (C=O) groups is 1. The molecule has 1 saturated heterocycles. The van der Waals surface area contributed by atoms with Crippen molar-refractivity contribution in [2.45, 2.75) is 12.4 Å². The maximum Gasteiger partial charge on any atom is 0.534 e. The summed E-state index contributed by atoms with van der Waals surface area (Å²) in [5, 5.41) is 0. The summed E-state index contributed by atoms with van der Waals surface area (Å²) in [6.07, 6.45) is 2.57. The van der Waals surface area contributed by atoms with E-state index in [9.17, 15) is 26.4 Å². The van der Waals surface area contributed by atoms with Crippen molar-refractivity contribution in [3.8, 4) is 5.75 Å². The van der Waals surface area contributed by atoms with Crippen molar-refractivity contribution in [3.63, 3.8) is 0 Å². The van der Waals surface area contributed by atoms with Crippen LogP contribution in [0.5, 0.6) is 5.75 Å². The smallest absolute Gasteiger partial charge is 0.466 e. The third kappa shape index (κ3) is 4.92. The molecule has 1 aromatic rings. The quantitative estimate of drug-likeness (QED) is 0.319. The van der Waals surface area contributed by atoms with Gasteiger partial charge in [0.25, 0.3) is 0 Å². The number of ether oxygens (including phenoxy) is 2. The second-order valence-corrected chi connectivity index (χ2v) is 7.10. The van der Waals surface area contributed by atoms with Crippen LogP contribution in [0.1, 0.15) is 11.1 Å². The Labute approximate surface area is 154 Å². The monoisotopic (exact) mass is 409 g/mol. The lowest BCUT2D eigenvalue weighted by atomic mass is 10.0. The number of esters is 1. The lowest BCUT2D eigenvalue weighted by molar-refractivity contribution is -0.134. The molecule has 11 heteroatoms. The van der Waals surface area contributed by atoms with E-state index in [-0.39, 0.29) is 5.69 Å². The van der Waals surface area contributed by atoms with Crippen LogP contribution in [0, 0.1) is 6.92 Å². The van der Waals surface area contributed by atoms with Gasteiger partial charge in [0.2, 0.25) is 0 Å². The molecule has 0 unspecified atom stereocenters. The van der Waals surface area contributed by atoms with Crippen LogP contribution >= 0.6 is 0 Å². The van der Waals surface area contributed by atoms with Gasteiger partial charge in [-0.15, -0.1) is 0 Å². The first kappa shape index (κ1) is 21.0. The molecular weight excluding hydrogens is 391 g/mol. The van der Waals surface area contributed by atoms with E-state index in [4.69, 9.17) is 4.74 Å². The van der Waals surface area contributed by atoms with Crippen molar-refractivity contribution in [2.24, 2.45) is 0 Å². The molecule has 1 aliphatic rings. The van der Waals surface area contributed by atoms with Gasteiger partial charge in [-0.25, -0.2) is 4.79 Å². The van der Waals surface area contributed by atoms with Crippen LogP contribution in [0.2, 0.25) is 0 Å². The van der Waals surface area contributed by atoms with Gasteiger partial charge in [0.1, 0.15) is 0 Å². The molecule has 1 aromatic carbocycles. The zero-order chi connectivity index (χ0) is 20.2. The van der Waals surface area contributed by atoms with Crippen LogP contribution in [0.25, 0.3) is 6.08 Å². The Kier molecular flexibility index (Phi) is 6.37. The molecule has 2 rings (SSSR count). The number of rotatable bonds is 5. The van der Waals surface area contributed by atoms with Crippen molar-refractivity contribution in [3.05, 3.63) is 29.3 Å². The number of benzene rings is 1. The Bertz CT molecular complexity index is 829. The van der Waals surface area contributed by atoms with Gasteiger partial charge in [0, 0.05) is 19.2 Å². The number of nitrogens with zero attached hydrogens (tertiary/aromatic N) is 1. The lowest BCUT2D eigenvalue weighted by Gasteiger charge is -2.32. The normalized spacial score (nSPS) is 15.8. The van der Waals surface area contributed by atoms with Crippen LogP contribution in [-0.4, -0.2) is 53.3 Å². The van der Waals surface area contributed by atoms with E-state index in [1.54, 1.807) is 11.8 Å². The molecule has 0 radical (unpaired) electrons. The van der Waals surface area contributed by atoms with Crippen molar-refractivity contribution >= 4 is 27.9 Å². The molecule has 0 bridgehead atoms. The van der Waals surface area contributed by atoms with Crippen molar-refractivity contribution < 1.29 is 40.0 Å². The summed E-state index contributed by atoms with van der Waals surface area (Å²) in [4.78, 5) is 13.0. The van der Waals surface area contributed by atoms with Crippen molar-refractivity contribution in [2.75, 3.05) is 38.3 Å². The summed E-state index contributed by atoms with van der Waals surface area (Å²) in [7, 11) is -4.62. The highest BCUT2D eigenvalue weighted by atomic mass is 32.2. The Morgan fingerprint density at radius 1 is 1.26 bits per heavy atom. The van der Waals surface area contributed by atoms with Gasteiger partial charge < -0.3 is 18.6 Å². The maximum absolute atomic E-state index is 12.7. The average molecular weight is 409 g/mol. The Balaban J connectivity index is 2.51. The van der Waals surface area contributed by atoms with E-state index in [1.807, 2.05) is 0 Å². The third-order valence-electron chi connectivity index (χ3n) is 3.85. The highest BCUT2D eigenvalue weighted by Crippen LogP contribution is 2.38. The highest BCUT2D eigenvalue weighted by molar-refractivity contribution is 7.88. The summed E-state index contributed by atoms with van der Waals surface area (Å²) in [5.41, 5.74) is -4.41. The Morgan fingerprint density at radius 2 is 1.89 bits per heavy atom. The van der Waals surface area contributed by atoms with E-state index < -0.39 is 27.3 Å². The van der Waals surface area contributed by atoms with Crippen LogP contribution in [0.15, 0.2) is 18.2 Å². The molecule has 0 atom stereocenters. The minimum atomic E-state index is -5.82. The van der Waals surface area contributed by atoms with Gasteiger partial charge >= 0.3 is 21.6 Å². The van der Waals surface area contributed by atoms with Gasteiger partial charge in [-0.05, 0) is 30.2 Å². The van der Waals surface area contributed by atoms with Crippen molar-refractivity contribution in [1.82, 2.24) is 0 Å². The molecule has 0 aromatic heterocycles.